The number of nitro groups is 1. The van der Waals surface area contributed by atoms with Crippen molar-refractivity contribution in [1.82, 2.24) is 0 Å². The molecule has 0 N–H and O–H groups in total. The molecule has 0 aromatic heterocycles. The Bertz CT molecular complexity index is 759. The summed E-state index contributed by atoms with van der Waals surface area (Å²) in [6.45, 7) is 1.87. The quantitative estimate of drug-likeness (QED) is 0.251. The molecule has 9 nitrogen and oxygen atoms in total. The number of nitrogens with zero attached hydrogens (tertiary/aromatic N) is 1. The Hall–Kier alpha value is -2.68. The van der Waals surface area contributed by atoms with Crippen LogP contribution in [0.15, 0.2) is 18.2 Å². The van der Waals surface area contributed by atoms with E-state index in [0.29, 0.717) is 30.1 Å². The van der Waals surface area contributed by atoms with Crippen LogP contribution in [-0.4, -0.2) is 49.3 Å². The van der Waals surface area contributed by atoms with Crippen LogP contribution in [0.2, 0.25) is 0 Å². The molecule has 3 atom stereocenters. The van der Waals surface area contributed by atoms with Gasteiger partial charge in [0, 0.05) is 18.0 Å². The Morgan fingerprint density at radius 2 is 2.10 bits per heavy atom. The molecule has 158 valence electrons. The normalized spacial score (nSPS) is 19.6. The third-order valence-electron chi connectivity index (χ3n) is 5.20. The summed E-state index contributed by atoms with van der Waals surface area (Å²) in [6.07, 6.45) is 2.40. The molecule has 0 aliphatic carbocycles. The van der Waals surface area contributed by atoms with Gasteiger partial charge in [-0.15, -0.1) is 0 Å². The predicted molar refractivity (Wildman–Crippen MR) is 101 cm³/mol. The summed E-state index contributed by atoms with van der Waals surface area (Å²) < 4.78 is 21.3. The molecule has 2 aliphatic heterocycles. The van der Waals surface area contributed by atoms with Crippen LogP contribution < -0.4 is 9.47 Å². The second kappa shape index (κ2) is 9.69. The number of ketones is 1. The highest BCUT2D eigenvalue weighted by molar-refractivity contribution is 6.00. The van der Waals surface area contributed by atoms with Gasteiger partial charge in [0.25, 0.3) is 0 Å². The van der Waals surface area contributed by atoms with Crippen molar-refractivity contribution in [2.75, 3.05) is 26.6 Å². The zero-order chi connectivity index (χ0) is 20.8. The molecule has 0 bridgehead atoms. The lowest BCUT2D eigenvalue weighted by Crippen LogP contribution is -2.35. The van der Waals surface area contributed by atoms with Gasteiger partial charge in [-0.1, -0.05) is 6.07 Å². The third kappa shape index (κ3) is 5.23. The predicted octanol–water partition coefficient (Wildman–Crippen LogP) is 2.48. The fraction of sp³-hybridized carbons (Fsp3) is 0.600. The van der Waals surface area contributed by atoms with Crippen LogP contribution in [0.25, 0.3) is 0 Å². The summed E-state index contributed by atoms with van der Waals surface area (Å²) in [5, 5.41) is 11.4. The van der Waals surface area contributed by atoms with Crippen LogP contribution in [0, 0.1) is 16.0 Å². The molecule has 1 aromatic carbocycles. The zero-order valence-corrected chi connectivity index (χ0v) is 16.3. The van der Waals surface area contributed by atoms with Gasteiger partial charge in [0.15, 0.2) is 11.5 Å². The number of ether oxygens (including phenoxy) is 4. The largest absolute Gasteiger partial charge is 0.465 e. The van der Waals surface area contributed by atoms with E-state index in [-0.39, 0.29) is 31.7 Å². The summed E-state index contributed by atoms with van der Waals surface area (Å²) in [6, 6.07) is 4.85. The minimum Gasteiger partial charge on any atom is -0.465 e. The molecule has 0 radical (unpaired) electrons. The van der Waals surface area contributed by atoms with Crippen molar-refractivity contribution in [3.63, 3.8) is 0 Å². The molecule has 0 spiro atoms. The molecular formula is C20H25NO8. The molecule has 2 heterocycles. The Balaban J connectivity index is 1.86. The first kappa shape index (κ1) is 21.0. The van der Waals surface area contributed by atoms with E-state index in [1.165, 1.54) is 0 Å². The molecule has 1 aromatic rings. The van der Waals surface area contributed by atoms with Crippen molar-refractivity contribution in [2.45, 2.75) is 44.6 Å². The standard InChI is InChI=1S/C20H25NO8/c1-2-26-20(23)19(16(22)7-6-14-4-3-9-27-14)15(11-21(24)25)13-5-8-17-18(10-13)29-12-28-17/h5,8,10,14-15,19H,2-4,6-7,9,11-12H2,1H3. The van der Waals surface area contributed by atoms with Gasteiger partial charge < -0.3 is 18.9 Å². The number of hydrogen-bond acceptors (Lipinski definition) is 8. The van der Waals surface area contributed by atoms with Crippen LogP contribution in [-0.2, 0) is 19.1 Å². The Morgan fingerprint density at radius 3 is 2.79 bits per heavy atom. The van der Waals surface area contributed by atoms with Crippen LogP contribution in [0.5, 0.6) is 11.5 Å². The monoisotopic (exact) mass is 407 g/mol. The van der Waals surface area contributed by atoms with Crippen LogP contribution in [0.4, 0.5) is 0 Å². The van der Waals surface area contributed by atoms with Gasteiger partial charge in [-0.25, -0.2) is 0 Å². The van der Waals surface area contributed by atoms with Gasteiger partial charge in [0.1, 0.15) is 11.7 Å². The van der Waals surface area contributed by atoms with Crippen molar-refractivity contribution in [3.05, 3.63) is 33.9 Å². The third-order valence-corrected chi connectivity index (χ3v) is 5.20. The van der Waals surface area contributed by atoms with E-state index in [4.69, 9.17) is 18.9 Å². The highest BCUT2D eigenvalue weighted by Gasteiger charge is 2.40. The van der Waals surface area contributed by atoms with Crippen LogP contribution >= 0.6 is 0 Å². The first-order valence-corrected chi connectivity index (χ1v) is 9.82. The molecular weight excluding hydrogens is 382 g/mol. The Kier molecular flexibility index (Phi) is 7.03. The van der Waals surface area contributed by atoms with E-state index < -0.39 is 29.3 Å². The summed E-state index contributed by atoms with van der Waals surface area (Å²) in [5.74, 6) is -2.38. The average Bonchev–Trinajstić information content (AvgIpc) is 3.36. The molecule has 1 saturated heterocycles. The van der Waals surface area contributed by atoms with Gasteiger partial charge >= 0.3 is 5.97 Å². The van der Waals surface area contributed by atoms with Crippen LogP contribution in [0.3, 0.4) is 0 Å². The van der Waals surface area contributed by atoms with E-state index in [2.05, 4.69) is 0 Å². The minimum atomic E-state index is -1.26. The van der Waals surface area contributed by atoms with E-state index in [1.54, 1.807) is 25.1 Å². The molecule has 2 aliphatic rings. The molecule has 0 amide bonds. The van der Waals surface area contributed by atoms with Gasteiger partial charge in [-0.05, 0) is 43.9 Å². The molecule has 9 heteroatoms. The molecule has 29 heavy (non-hydrogen) atoms. The zero-order valence-electron chi connectivity index (χ0n) is 16.3. The fourth-order valence-electron chi connectivity index (χ4n) is 3.79. The highest BCUT2D eigenvalue weighted by Crippen LogP contribution is 2.37. The summed E-state index contributed by atoms with van der Waals surface area (Å²) in [4.78, 5) is 36.5. The first-order valence-electron chi connectivity index (χ1n) is 9.82. The number of hydrogen-bond donors (Lipinski definition) is 0. The summed E-state index contributed by atoms with van der Waals surface area (Å²) in [5.41, 5.74) is 0.467. The number of rotatable bonds is 10. The lowest BCUT2D eigenvalue weighted by molar-refractivity contribution is -0.484. The second-order valence-corrected chi connectivity index (χ2v) is 7.10. The SMILES string of the molecule is CCOC(=O)C(C(=O)CCC1CCCO1)C(C[N+](=O)[O-])c1ccc2c(c1)OCO2. The number of fused-ring (bicyclic) bond motifs is 1. The number of esters is 1. The second-order valence-electron chi connectivity index (χ2n) is 7.10. The van der Waals surface area contributed by atoms with Gasteiger partial charge in [0.05, 0.1) is 18.6 Å². The number of carbonyl (C=O) groups excluding carboxylic acids is 2. The topological polar surface area (TPSA) is 114 Å². The smallest absolute Gasteiger partial charge is 0.317 e. The number of Topliss-reactive ketones (excluding diaryl/α,β-unsaturated/α-hetero) is 1. The Morgan fingerprint density at radius 1 is 1.31 bits per heavy atom. The lowest BCUT2D eigenvalue weighted by Gasteiger charge is -2.23. The van der Waals surface area contributed by atoms with Crippen molar-refractivity contribution in [1.29, 1.82) is 0 Å². The van der Waals surface area contributed by atoms with E-state index in [9.17, 15) is 19.7 Å². The highest BCUT2D eigenvalue weighted by atomic mass is 16.7. The molecule has 3 rings (SSSR count). The molecule has 3 unspecified atom stereocenters. The lowest BCUT2D eigenvalue weighted by atomic mass is 9.81. The van der Waals surface area contributed by atoms with Crippen LogP contribution in [0.1, 0.15) is 44.1 Å². The van der Waals surface area contributed by atoms with Gasteiger partial charge in [-0.3, -0.25) is 19.7 Å². The van der Waals surface area contributed by atoms with Crippen molar-refractivity contribution in [2.24, 2.45) is 5.92 Å². The van der Waals surface area contributed by atoms with Crippen molar-refractivity contribution in [3.8, 4) is 11.5 Å². The van der Waals surface area contributed by atoms with Crippen molar-refractivity contribution < 1.29 is 33.5 Å². The fourth-order valence-corrected chi connectivity index (χ4v) is 3.79. The first-order chi connectivity index (χ1) is 14.0. The van der Waals surface area contributed by atoms with Gasteiger partial charge in [-0.2, -0.15) is 0 Å². The summed E-state index contributed by atoms with van der Waals surface area (Å²) in [7, 11) is 0. The maximum absolute atomic E-state index is 13.0. The Labute approximate surface area is 168 Å². The molecule has 1 fully saturated rings. The maximum Gasteiger partial charge on any atom is 0.317 e. The average molecular weight is 407 g/mol. The van der Waals surface area contributed by atoms with E-state index in [0.717, 1.165) is 12.8 Å². The molecule has 0 saturated carbocycles. The summed E-state index contributed by atoms with van der Waals surface area (Å²) >= 11 is 0. The van der Waals surface area contributed by atoms with Crippen molar-refractivity contribution >= 4 is 11.8 Å². The number of benzene rings is 1. The maximum atomic E-state index is 13.0. The van der Waals surface area contributed by atoms with Gasteiger partial charge in [0.2, 0.25) is 13.3 Å². The van der Waals surface area contributed by atoms with E-state index >= 15 is 0 Å². The minimum absolute atomic E-state index is 0.0127. The number of carbonyl (C=O) groups is 2. The van der Waals surface area contributed by atoms with E-state index in [1.807, 2.05) is 0 Å².